The largest absolute Gasteiger partial charge is 0.350 e. The zero-order valence-corrected chi connectivity index (χ0v) is 16.8. The Bertz CT molecular complexity index is 726. The van der Waals surface area contributed by atoms with E-state index >= 15 is 0 Å². The highest BCUT2D eigenvalue weighted by Gasteiger charge is 2.37. The van der Waals surface area contributed by atoms with E-state index in [0.29, 0.717) is 18.0 Å². The van der Waals surface area contributed by atoms with Gasteiger partial charge >= 0.3 is 0 Å². The summed E-state index contributed by atoms with van der Waals surface area (Å²) in [5, 5.41) is 3.06. The molecule has 1 aliphatic carbocycles. The van der Waals surface area contributed by atoms with Gasteiger partial charge in [0.2, 0.25) is 0 Å². The van der Waals surface area contributed by atoms with Gasteiger partial charge in [-0.2, -0.15) is 0 Å². The molecule has 2 aromatic rings. The van der Waals surface area contributed by atoms with Gasteiger partial charge in [0.15, 0.2) is 0 Å². The minimum atomic E-state index is -0.328. The van der Waals surface area contributed by atoms with Crippen molar-refractivity contribution in [2.75, 3.05) is 20.6 Å². The van der Waals surface area contributed by atoms with Gasteiger partial charge in [-0.25, -0.2) is 4.39 Å². The van der Waals surface area contributed by atoms with Crippen molar-refractivity contribution in [3.05, 3.63) is 71.5 Å². The molecule has 0 aromatic heterocycles. The van der Waals surface area contributed by atoms with E-state index in [-0.39, 0.29) is 29.7 Å². The number of likely N-dealkylation sites (N-methyl/N-ethyl adjacent to an activating group) is 1. The predicted octanol–water partition coefficient (Wildman–Crippen LogP) is 4.64. The molecule has 0 unspecified atom stereocenters. The maximum Gasteiger partial charge on any atom is 0.251 e. The Labute approximate surface area is 167 Å². The first-order chi connectivity index (χ1) is 12.5. The minimum Gasteiger partial charge on any atom is -0.350 e. The van der Waals surface area contributed by atoms with Crippen molar-refractivity contribution in [1.82, 2.24) is 10.2 Å². The number of hydrogen-bond acceptors (Lipinski definition) is 2. The molecular weight excluding hydrogens is 363 g/mol. The Kier molecular flexibility index (Phi) is 7.40. The van der Waals surface area contributed by atoms with Crippen molar-refractivity contribution in [3.63, 3.8) is 0 Å². The van der Waals surface area contributed by atoms with Crippen LogP contribution in [0.1, 0.15) is 47.5 Å². The van der Waals surface area contributed by atoms with Crippen LogP contribution in [-0.4, -0.2) is 37.0 Å². The van der Waals surface area contributed by atoms with E-state index in [0.717, 1.165) is 25.7 Å². The second-order valence-corrected chi connectivity index (χ2v) is 7.49. The number of carbonyl (C=O) groups is 1. The molecule has 0 aliphatic heterocycles. The maximum absolute atomic E-state index is 13.0. The number of hydrogen-bond donors (Lipinski definition) is 1. The molecule has 1 N–H and O–H groups in total. The van der Waals surface area contributed by atoms with Gasteiger partial charge in [0.25, 0.3) is 5.91 Å². The smallest absolute Gasteiger partial charge is 0.251 e. The fourth-order valence-electron chi connectivity index (χ4n) is 3.94. The molecule has 146 valence electrons. The average Bonchev–Trinajstić information content (AvgIpc) is 2.67. The number of rotatable bonds is 5. The lowest BCUT2D eigenvalue weighted by Crippen LogP contribution is -2.54. The van der Waals surface area contributed by atoms with E-state index in [1.165, 1.54) is 29.8 Å². The maximum atomic E-state index is 13.0. The molecule has 0 bridgehead atoms. The number of halogens is 2. The summed E-state index contributed by atoms with van der Waals surface area (Å²) in [4.78, 5) is 14.6. The average molecular weight is 391 g/mol. The predicted molar refractivity (Wildman–Crippen MR) is 110 cm³/mol. The molecule has 1 aliphatic rings. The first kappa shape index (κ1) is 21.4. The van der Waals surface area contributed by atoms with Crippen molar-refractivity contribution in [2.45, 2.75) is 37.1 Å². The number of benzene rings is 2. The molecule has 0 saturated heterocycles. The lowest BCUT2D eigenvalue weighted by Gasteiger charge is -2.45. The Morgan fingerprint density at radius 1 is 1.07 bits per heavy atom. The van der Waals surface area contributed by atoms with E-state index in [1.54, 1.807) is 0 Å². The van der Waals surface area contributed by atoms with Crippen molar-refractivity contribution in [1.29, 1.82) is 0 Å². The molecule has 27 heavy (non-hydrogen) atoms. The van der Waals surface area contributed by atoms with Gasteiger partial charge in [-0.05, 0) is 75.5 Å². The van der Waals surface area contributed by atoms with E-state index in [9.17, 15) is 9.18 Å². The molecule has 1 fully saturated rings. The fourth-order valence-corrected chi connectivity index (χ4v) is 3.94. The van der Waals surface area contributed by atoms with Crippen LogP contribution in [0.25, 0.3) is 0 Å². The zero-order chi connectivity index (χ0) is 18.6. The van der Waals surface area contributed by atoms with E-state index in [2.05, 4.69) is 54.6 Å². The summed E-state index contributed by atoms with van der Waals surface area (Å²) in [5.74, 6) is 0.124. The van der Waals surface area contributed by atoms with E-state index < -0.39 is 0 Å². The molecule has 3 rings (SSSR count). The van der Waals surface area contributed by atoms with Gasteiger partial charge in [0, 0.05) is 17.6 Å². The summed E-state index contributed by atoms with van der Waals surface area (Å²) in [6, 6.07) is 16.4. The van der Waals surface area contributed by atoms with Gasteiger partial charge in [-0.15, -0.1) is 12.4 Å². The van der Waals surface area contributed by atoms with Gasteiger partial charge < -0.3 is 10.2 Å². The third-order valence-electron chi connectivity index (χ3n) is 5.82. The van der Waals surface area contributed by atoms with Crippen LogP contribution in [0.5, 0.6) is 0 Å². The summed E-state index contributed by atoms with van der Waals surface area (Å²) in [5.41, 5.74) is 1.88. The number of carbonyl (C=O) groups excluding carboxylic acids is 1. The van der Waals surface area contributed by atoms with Gasteiger partial charge in [0.1, 0.15) is 5.82 Å². The van der Waals surface area contributed by atoms with Crippen LogP contribution in [0.2, 0.25) is 0 Å². The summed E-state index contributed by atoms with van der Waals surface area (Å²) in [6.45, 7) is 0.609. The van der Waals surface area contributed by atoms with Crippen LogP contribution < -0.4 is 5.32 Å². The molecule has 2 aromatic carbocycles. The second kappa shape index (κ2) is 9.34. The Balaban J connectivity index is 0.00000261. The van der Waals surface area contributed by atoms with Crippen LogP contribution in [0.3, 0.4) is 0 Å². The third-order valence-corrected chi connectivity index (χ3v) is 5.82. The van der Waals surface area contributed by atoms with Crippen LogP contribution in [0.15, 0.2) is 54.6 Å². The molecule has 0 radical (unpaired) electrons. The minimum absolute atomic E-state index is 0. The van der Waals surface area contributed by atoms with Crippen LogP contribution in [0.4, 0.5) is 4.39 Å². The molecule has 3 nitrogen and oxygen atoms in total. The van der Waals surface area contributed by atoms with Gasteiger partial charge in [-0.1, -0.05) is 30.3 Å². The lowest BCUT2D eigenvalue weighted by atomic mass is 9.73. The molecule has 5 heteroatoms. The quantitative estimate of drug-likeness (QED) is 0.806. The highest BCUT2D eigenvalue weighted by molar-refractivity contribution is 5.94. The SMILES string of the molecule is CN(C)C1(CNC(=O)c2ccc(F)cc2)CCC(c2ccccc2)CC1.Cl. The highest BCUT2D eigenvalue weighted by Crippen LogP contribution is 2.40. The Morgan fingerprint density at radius 3 is 2.22 bits per heavy atom. The molecule has 0 spiro atoms. The number of nitrogens with zero attached hydrogens (tertiary/aromatic N) is 1. The summed E-state index contributed by atoms with van der Waals surface area (Å²) in [7, 11) is 4.18. The molecular formula is C22H28ClFN2O. The topological polar surface area (TPSA) is 32.3 Å². The van der Waals surface area contributed by atoms with Crippen molar-refractivity contribution in [2.24, 2.45) is 0 Å². The van der Waals surface area contributed by atoms with Gasteiger partial charge in [-0.3, -0.25) is 4.79 Å². The van der Waals surface area contributed by atoms with E-state index in [4.69, 9.17) is 0 Å². The fraction of sp³-hybridized carbons (Fsp3) is 0.409. The standard InChI is InChI=1S/C22H27FN2O.ClH/c1-25(2)22(16-24-21(26)19-8-10-20(23)11-9-19)14-12-18(13-15-22)17-6-4-3-5-7-17;/h3-11,18H,12-16H2,1-2H3,(H,24,26);1H. The van der Waals surface area contributed by atoms with Crippen LogP contribution in [-0.2, 0) is 0 Å². The van der Waals surface area contributed by atoms with Gasteiger partial charge in [0.05, 0.1) is 0 Å². The second-order valence-electron chi connectivity index (χ2n) is 7.49. The number of nitrogens with one attached hydrogen (secondary N) is 1. The molecule has 0 atom stereocenters. The third kappa shape index (κ3) is 5.08. The van der Waals surface area contributed by atoms with E-state index in [1.807, 2.05) is 0 Å². The summed E-state index contributed by atoms with van der Waals surface area (Å²) >= 11 is 0. The van der Waals surface area contributed by atoms with Crippen molar-refractivity contribution in [3.8, 4) is 0 Å². The summed E-state index contributed by atoms with van der Waals surface area (Å²) < 4.78 is 13.0. The first-order valence-corrected chi connectivity index (χ1v) is 9.26. The molecule has 1 amide bonds. The van der Waals surface area contributed by atoms with Crippen molar-refractivity contribution >= 4 is 18.3 Å². The first-order valence-electron chi connectivity index (χ1n) is 9.26. The molecule has 1 saturated carbocycles. The normalized spacial score (nSPS) is 22.1. The van der Waals surface area contributed by atoms with Crippen LogP contribution in [0, 0.1) is 5.82 Å². The Morgan fingerprint density at radius 2 is 1.67 bits per heavy atom. The Hall–Kier alpha value is -1.91. The monoisotopic (exact) mass is 390 g/mol. The number of amides is 1. The summed E-state index contributed by atoms with van der Waals surface area (Å²) in [6.07, 6.45) is 4.33. The van der Waals surface area contributed by atoms with Crippen molar-refractivity contribution < 1.29 is 9.18 Å². The molecule has 0 heterocycles. The highest BCUT2D eigenvalue weighted by atomic mass is 35.5. The zero-order valence-electron chi connectivity index (χ0n) is 16.0. The lowest BCUT2D eigenvalue weighted by molar-refractivity contribution is 0.0769. The van der Waals surface area contributed by atoms with Crippen LogP contribution >= 0.6 is 12.4 Å².